The molecule has 5 nitrogen and oxygen atoms in total. The number of methoxy groups -OCH3 is 1. The third-order valence-electron chi connectivity index (χ3n) is 3.10. The van der Waals surface area contributed by atoms with Gasteiger partial charge < -0.3 is 14.8 Å². The van der Waals surface area contributed by atoms with Crippen LogP contribution in [-0.4, -0.2) is 23.2 Å². The molecule has 0 fully saturated rings. The number of carboxylic acid groups (broad SMARTS) is 1. The number of hydrogen-bond acceptors (Lipinski definition) is 3. The summed E-state index contributed by atoms with van der Waals surface area (Å²) in [6.45, 7) is 1.93. The van der Waals surface area contributed by atoms with Crippen LogP contribution in [0.3, 0.4) is 0 Å². The number of carbonyl (C=O) groups is 1. The number of aliphatic carboxylic acids is 1. The van der Waals surface area contributed by atoms with Gasteiger partial charge in [0.15, 0.2) is 0 Å². The van der Waals surface area contributed by atoms with E-state index >= 15 is 0 Å². The van der Waals surface area contributed by atoms with Crippen LogP contribution in [0.2, 0.25) is 0 Å². The number of fused-ring (bicyclic) bond motifs is 1. The van der Waals surface area contributed by atoms with Crippen LogP contribution in [0.4, 0.5) is 0 Å². The number of pyridine rings is 1. The predicted octanol–water partition coefficient (Wildman–Crippen LogP) is 1.86. The normalized spacial score (nSPS) is 10.6. The third kappa shape index (κ3) is 2.59. The molecule has 0 saturated carbocycles. The summed E-state index contributed by atoms with van der Waals surface area (Å²) in [4.78, 5) is 25.3. The van der Waals surface area contributed by atoms with Gasteiger partial charge in [-0.15, -0.1) is 0 Å². The van der Waals surface area contributed by atoms with Gasteiger partial charge in [-0.2, -0.15) is 0 Å². The molecule has 2 aromatic rings. The van der Waals surface area contributed by atoms with Gasteiger partial charge in [0.05, 0.1) is 12.6 Å². The number of carboxylic acids is 1. The molecular weight excluding hydrogens is 246 g/mol. The van der Waals surface area contributed by atoms with Crippen molar-refractivity contribution in [2.75, 3.05) is 7.11 Å². The minimum atomic E-state index is -0.915. The lowest BCUT2D eigenvalue weighted by Crippen LogP contribution is -2.14. The first kappa shape index (κ1) is 13.1. The third-order valence-corrected chi connectivity index (χ3v) is 3.10. The maximum absolute atomic E-state index is 11.9. The fraction of sp³-hybridized carbons (Fsp3) is 0.286. The molecule has 2 N–H and O–H groups in total. The van der Waals surface area contributed by atoms with Crippen molar-refractivity contribution in [1.82, 2.24) is 4.98 Å². The molecule has 1 aromatic heterocycles. The Morgan fingerprint density at radius 1 is 1.42 bits per heavy atom. The number of aromatic nitrogens is 1. The average Bonchev–Trinajstić information content (AvgIpc) is 2.37. The van der Waals surface area contributed by atoms with E-state index in [0.717, 1.165) is 10.9 Å². The fourth-order valence-corrected chi connectivity index (χ4v) is 2.05. The van der Waals surface area contributed by atoms with Gasteiger partial charge in [-0.1, -0.05) is 6.07 Å². The van der Waals surface area contributed by atoms with E-state index in [1.165, 1.54) is 0 Å². The number of rotatable bonds is 4. The van der Waals surface area contributed by atoms with E-state index < -0.39 is 5.97 Å². The smallest absolute Gasteiger partial charge is 0.303 e. The van der Waals surface area contributed by atoms with Crippen LogP contribution in [0.25, 0.3) is 10.9 Å². The number of benzene rings is 1. The number of hydrogen-bond donors (Lipinski definition) is 2. The van der Waals surface area contributed by atoms with Gasteiger partial charge in [0.1, 0.15) is 5.75 Å². The van der Waals surface area contributed by atoms with Gasteiger partial charge >= 0.3 is 5.97 Å². The summed E-state index contributed by atoms with van der Waals surface area (Å²) < 4.78 is 5.21. The van der Waals surface area contributed by atoms with Gasteiger partial charge in [-0.3, -0.25) is 9.59 Å². The zero-order chi connectivity index (χ0) is 14.0. The Balaban J connectivity index is 2.58. The molecule has 0 unspecified atom stereocenters. The average molecular weight is 261 g/mol. The summed E-state index contributed by atoms with van der Waals surface area (Å²) >= 11 is 0. The molecule has 1 aromatic carbocycles. The van der Waals surface area contributed by atoms with Gasteiger partial charge in [-0.05, 0) is 31.0 Å². The number of aryl methyl sites for hydroxylation is 2. The van der Waals surface area contributed by atoms with E-state index in [2.05, 4.69) is 4.98 Å². The Morgan fingerprint density at radius 3 is 2.79 bits per heavy atom. The summed E-state index contributed by atoms with van der Waals surface area (Å²) in [5.74, 6) is -0.315. The van der Waals surface area contributed by atoms with Gasteiger partial charge in [0.25, 0.3) is 5.56 Å². The maximum Gasteiger partial charge on any atom is 0.303 e. The molecule has 5 heteroatoms. The number of H-pyrrole nitrogens is 1. The van der Waals surface area contributed by atoms with Crippen LogP contribution < -0.4 is 10.3 Å². The zero-order valence-corrected chi connectivity index (χ0v) is 10.8. The molecule has 0 atom stereocenters. The molecule has 0 bridgehead atoms. The van der Waals surface area contributed by atoms with Gasteiger partial charge in [0, 0.05) is 17.4 Å². The lowest BCUT2D eigenvalue weighted by Gasteiger charge is -2.09. The predicted molar refractivity (Wildman–Crippen MR) is 71.8 cm³/mol. The van der Waals surface area contributed by atoms with Crippen molar-refractivity contribution >= 4 is 16.9 Å². The minimum Gasteiger partial charge on any atom is -0.495 e. The number of ether oxygens (including phenoxy) is 1. The quantitative estimate of drug-likeness (QED) is 0.880. The fourth-order valence-electron chi connectivity index (χ4n) is 2.05. The molecular formula is C14H15NO4. The van der Waals surface area contributed by atoms with Crippen molar-refractivity contribution in [2.24, 2.45) is 0 Å². The second-order valence-electron chi connectivity index (χ2n) is 4.39. The Hall–Kier alpha value is -2.30. The van der Waals surface area contributed by atoms with Crippen LogP contribution in [0.15, 0.2) is 23.0 Å². The van der Waals surface area contributed by atoms with Crippen LogP contribution in [-0.2, 0) is 11.2 Å². The molecule has 0 saturated heterocycles. The molecule has 2 rings (SSSR count). The van der Waals surface area contributed by atoms with Crippen molar-refractivity contribution in [3.05, 3.63) is 39.7 Å². The summed E-state index contributed by atoms with van der Waals surface area (Å²) in [5, 5.41) is 9.56. The summed E-state index contributed by atoms with van der Waals surface area (Å²) in [7, 11) is 1.54. The highest BCUT2D eigenvalue weighted by Gasteiger charge is 2.10. The highest BCUT2D eigenvalue weighted by molar-refractivity contribution is 5.87. The van der Waals surface area contributed by atoms with Crippen molar-refractivity contribution in [3.8, 4) is 5.75 Å². The SMILES string of the molecule is COc1ccc(C)c2cc(CCC(=O)O)c(=O)[nH]c12. The molecule has 0 spiro atoms. The van der Waals surface area contributed by atoms with E-state index in [0.29, 0.717) is 16.8 Å². The van der Waals surface area contributed by atoms with Gasteiger partial charge in [0.2, 0.25) is 0 Å². The van der Waals surface area contributed by atoms with E-state index in [9.17, 15) is 9.59 Å². The van der Waals surface area contributed by atoms with Crippen molar-refractivity contribution < 1.29 is 14.6 Å². The van der Waals surface area contributed by atoms with E-state index in [1.54, 1.807) is 19.2 Å². The lowest BCUT2D eigenvalue weighted by molar-refractivity contribution is -0.136. The van der Waals surface area contributed by atoms with E-state index in [1.807, 2.05) is 13.0 Å². The number of nitrogens with one attached hydrogen (secondary N) is 1. The molecule has 100 valence electrons. The van der Waals surface area contributed by atoms with Crippen LogP contribution in [0, 0.1) is 6.92 Å². The number of aromatic amines is 1. The van der Waals surface area contributed by atoms with Crippen molar-refractivity contribution in [1.29, 1.82) is 0 Å². The highest BCUT2D eigenvalue weighted by atomic mass is 16.5. The molecule has 0 aliphatic rings. The van der Waals surface area contributed by atoms with Crippen LogP contribution >= 0.6 is 0 Å². The van der Waals surface area contributed by atoms with E-state index in [4.69, 9.17) is 9.84 Å². The Bertz CT molecular complexity index is 688. The summed E-state index contributed by atoms with van der Waals surface area (Å²) in [5.41, 5.74) is 1.86. The first-order valence-electron chi connectivity index (χ1n) is 5.94. The van der Waals surface area contributed by atoms with Crippen LogP contribution in [0.1, 0.15) is 17.5 Å². The first-order valence-corrected chi connectivity index (χ1v) is 5.94. The molecule has 0 amide bonds. The Labute approximate surface area is 109 Å². The second kappa shape index (κ2) is 5.14. The summed E-state index contributed by atoms with van der Waals surface area (Å²) in [6, 6.07) is 5.44. The second-order valence-corrected chi connectivity index (χ2v) is 4.39. The molecule has 19 heavy (non-hydrogen) atoms. The molecule has 0 radical (unpaired) electrons. The van der Waals surface area contributed by atoms with Gasteiger partial charge in [-0.25, -0.2) is 0 Å². The largest absolute Gasteiger partial charge is 0.495 e. The Kier molecular flexibility index (Phi) is 3.55. The summed E-state index contributed by atoms with van der Waals surface area (Å²) in [6.07, 6.45) is 0.162. The molecule has 0 aliphatic heterocycles. The standard InChI is InChI=1S/C14H15NO4/c1-8-3-5-11(19-2)13-10(8)7-9(14(18)15-13)4-6-12(16)17/h3,5,7H,4,6H2,1-2H3,(H,15,18)(H,16,17). The van der Waals surface area contributed by atoms with Crippen molar-refractivity contribution in [2.45, 2.75) is 19.8 Å². The monoisotopic (exact) mass is 261 g/mol. The Morgan fingerprint density at radius 2 is 2.16 bits per heavy atom. The zero-order valence-electron chi connectivity index (χ0n) is 10.8. The molecule has 1 heterocycles. The first-order chi connectivity index (χ1) is 9.02. The minimum absolute atomic E-state index is 0.0579. The topological polar surface area (TPSA) is 79.4 Å². The molecule has 0 aliphatic carbocycles. The van der Waals surface area contributed by atoms with Crippen molar-refractivity contribution in [3.63, 3.8) is 0 Å². The highest BCUT2D eigenvalue weighted by Crippen LogP contribution is 2.25. The van der Waals surface area contributed by atoms with Crippen LogP contribution in [0.5, 0.6) is 5.75 Å². The van der Waals surface area contributed by atoms with E-state index in [-0.39, 0.29) is 18.4 Å². The lowest BCUT2D eigenvalue weighted by atomic mass is 10.0. The maximum atomic E-state index is 11.9.